The second-order valence-corrected chi connectivity index (χ2v) is 5.73. The molecule has 1 aliphatic carbocycles. The van der Waals surface area contributed by atoms with Crippen LogP contribution in [-0.4, -0.2) is 45.2 Å². The highest BCUT2D eigenvalue weighted by molar-refractivity contribution is 5.94. The highest BCUT2D eigenvalue weighted by Crippen LogP contribution is 2.30. The number of carbonyl (C=O) groups is 2. The zero-order valence-electron chi connectivity index (χ0n) is 14.0. The Balaban J connectivity index is 0.00000288. The van der Waals surface area contributed by atoms with Crippen molar-refractivity contribution in [3.8, 4) is 0 Å². The molecule has 2 rings (SSSR count). The van der Waals surface area contributed by atoms with Crippen molar-refractivity contribution in [1.82, 2.24) is 10.6 Å². The van der Waals surface area contributed by atoms with Crippen molar-refractivity contribution in [2.75, 3.05) is 38.7 Å². The molecule has 0 bridgehead atoms. The molecule has 2 amide bonds. The summed E-state index contributed by atoms with van der Waals surface area (Å²) in [6.45, 7) is 2.76. The molecule has 0 atom stereocenters. The Labute approximate surface area is 149 Å². The molecule has 6 nitrogen and oxygen atoms in total. The van der Waals surface area contributed by atoms with E-state index in [0.717, 1.165) is 37.2 Å². The highest BCUT2D eigenvalue weighted by Gasteiger charge is 2.29. The normalized spacial score (nSPS) is 13.0. The summed E-state index contributed by atoms with van der Waals surface area (Å²) >= 11 is 0. The highest BCUT2D eigenvalue weighted by atomic mass is 35.5. The molecule has 1 aromatic rings. The monoisotopic (exact) mass is 355 g/mol. The van der Waals surface area contributed by atoms with Crippen molar-refractivity contribution in [1.29, 1.82) is 0 Å². The number of nitrogens with one attached hydrogen (secondary N) is 3. The van der Waals surface area contributed by atoms with Crippen LogP contribution in [0.1, 0.15) is 18.4 Å². The Bertz CT molecular complexity index is 518. The second-order valence-electron chi connectivity index (χ2n) is 5.73. The Morgan fingerprint density at radius 1 is 1.12 bits per heavy atom. The molecule has 1 saturated carbocycles. The minimum Gasteiger partial charge on any atom is -0.383 e. The minimum atomic E-state index is -0.00620. The summed E-state index contributed by atoms with van der Waals surface area (Å²) in [5.41, 5.74) is 1.72. The summed E-state index contributed by atoms with van der Waals surface area (Å²) in [5.74, 6) is 0.280. The number of halogens is 1. The van der Waals surface area contributed by atoms with E-state index in [0.29, 0.717) is 19.6 Å². The van der Waals surface area contributed by atoms with Gasteiger partial charge >= 0.3 is 0 Å². The third kappa shape index (κ3) is 7.77. The van der Waals surface area contributed by atoms with Gasteiger partial charge in [0.15, 0.2) is 0 Å². The van der Waals surface area contributed by atoms with E-state index in [2.05, 4.69) is 16.0 Å². The fourth-order valence-corrected chi connectivity index (χ4v) is 2.13. The van der Waals surface area contributed by atoms with Crippen LogP contribution in [0.15, 0.2) is 24.3 Å². The van der Waals surface area contributed by atoms with Crippen LogP contribution >= 0.6 is 12.4 Å². The van der Waals surface area contributed by atoms with Gasteiger partial charge in [-0.05, 0) is 30.5 Å². The van der Waals surface area contributed by atoms with Crippen molar-refractivity contribution in [3.63, 3.8) is 0 Å². The van der Waals surface area contributed by atoms with Crippen LogP contribution in [0.3, 0.4) is 0 Å². The smallest absolute Gasteiger partial charge is 0.227 e. The first-order valence-corrected chi connectivity index (χ1v) is 8.05. The molecule has 1 aromatic carbocycles. The molecular formula is C17H26ClN3O3. The molecule has 0 unspecified atom stereocenters. The van der Waals surface area contributed by atoms with E-state index < -0.39 is 0 Å². The van der Waals surface area contributed by atoms with Crippen molar-refractivity contribution >= 4 is 29.9 Å². The van der Waals surface area contributed by atoms with Crippen molar-refractivity contribution in [2.45, 2.75) is 19.3 Å². The Kier molecular flexibility index (Phi) is 9.37. The van der Waals surface area contributed by atoms with Gasteiger partial charge in [-0.2, -0.15) is 0 Å². The number of ether oxygens (including phenoxy) is 1. The lowest BCUT2D eigenvalue weighted by Gasteiger charge is -2.08. The average molecular weight is 356 g/mol. The van der Waals surface area contributed by atoms with Crippen molar-refractivity contribution in [2.24, 2.45) is 5.92 Å². The molecule has 0 aliphatic heterocycles. The number of amides is 2. The van der Waals surface area contributed by atoms with Crippen molar-refractivity contribution < 1.29 is 14.3 Å². The fourth-order valence-electron chi connectivity index (χ4n) is 2.13. The van der Waals surface area contributed by atoms with E-state index in [9.17, 15) is 9.59 Å². The maximum absolute atomic E-state index is 11.8. The van der Waals surface area contributed by atoms with Crippen LogP contribution in [0.2, 0.25) is 0 Å². The summed E-state index contributed by atoms with van der Waals surface area (Å²) < 4.78 is 4.92. The molecule has 0 aromatic heterocycles. The average Bonchev–Trinajstić information content (AvgIpc) is 3.37. The molecule has 1 fully saturated rings. The molecule has 24 heavy (non-hydrogen) atoms. The van der Waals surface area contributed by atoms with Crippen LogP contribution in [0.4, 0.5) is 5.69 Å². The van der Waals surface area contributed by atoms with Gasteiger partial charge in [0.1, 0.15) is 0 Å². The van der Waals surface area contributed by atoms with E-state index in [1.807, 2.05) is 24.3 Å². The Hall–Kier alpha value is -1.63. The largest absolute Gasteiger partial charge is 0.383 e. The van der Waals surface area contributed by atoms with E-state index >= 15 is 0 Å². The fraction of sp³-hybridized carbons (Fsp3) is 0.529. The number of anilines is 1. The summed E-state index contributed by atoms with van der Waals surface area (Å²) in [4.78, 5) is 23.5. The first-order valence-electron chi connectivity index (χ1n) is 8.05. The van der Waals surface area contributed by atoms with Crippen LogP contribution in [-0.2, 0) is 20.7 Å². The van der Waals surface area contributed by atoms with E-state index in [1.165, 1.54) is 0 Å². The molecule has 0 saturated heterocycles. The van der Waals surface area contributed by atoms with E-state index in [4.69, 9.17) is 4.74 Å². The summed E-state index contributed by atoms with van der Waals surface area (Å²) in [7, 11) is 1.66. The van der Waals surface area contributed by atoms with Crippen molar-refractivity contribution in [3.05, 3.63) is 29.8 Å². The van der Waals surface area contributed by atoms with Gasteiger partial charge in [0, 0.05) is 38.3 Å². The SMILES string of the molecule is COCCNCCNC(=O)Cc1ccc(NC(=O)C2CC2)cc1.Cl. The van der Waals surface area contributed by atoms with Gasteiger partial charge in [-0.15, -0.1) is 12.4 Å². The maximum atomic E-state index is 11.8. The molecule has 134 valence electrons. The molecule has 0 radical (unpaired) electrons. The zero-order chi connectivity index (χ0) is 16.5. The van der Waals surface area contributed by atoms with Gasteiger partial charge in [-0.3, -0.25) is 9.59 Å². The maximum Gasteiger partial charge on any atom is 0.227 e. The number of hydrogen-bond acceptors (Lipinski definition) is 4. The lowest BCUT2D eigenvalue weighted by Crippen LogP contribution is -2.33. The molecule has 1 aliphatic rings. The number of hydrogen-bond donors (Lipinski definition) is 3. The second kappa shape index (κ2) is 11.0. The standard InChI is InChI=1S/C17H25N3O3.ClH/c1-23-11-10-18-8-9-19-16(21)12-13-2-6-15(7-3-13)20-17(22)14-4-5-14;/h2-3,6-7,14,18H,4-5,8-12H2,1H3,(H,19,21)(H,20,22);1H. The Morgan fingerprint density at radius 2 is 1.83 bits per heavy atom. The van der Waals surface area contributed by atoms with E-state index in [-0.39, 0.29) is 30.1 Å². The van der Waals surface area contributed by atoms with Crippen LogP contribution in [0, 0.1) is 5.92 Å². The van der Waals surface area contributed by atoms with Gasteiger partial charge in [-0.25, -0.2) is 0 Å². The molecule has 7 heteroatoms. The first-order chi connectivity index (χ1) is 11.2. The molecule has 0 spiro atoms. The van der Waals surface area contributed by atoms with Crippen LogP contribution in [0.25, 0.3) is 0 Å². The summed E-state index contributed by atoms with van der Waals surface area (Å²) in [5, 5.41) is 8.92. The van der Waals surface area contributed by atoms with Gasteiger partial charge in [-0.1, -0.05) is 12.1 Å². The van der Waals surface area contributed by atoms with Gasteiger partial charge in [0.05, 0.1) is 13.0 Å². The van der Waals surface area contributed by atoms with E-state index in [1.54, 1.807) is 7.11 Å². The number of benzene rings is 1. The minimum absolute atomic E-state index is 0. The summed E-state index contributed by atoms with van der Waals surface area (Å²) in [6.07, 6.45) is 2.32. The topological polar surface area (TPSA) is 79.5 Å². The zero-order valence-corrected chi connectivity index (χ0v) is 14.8. The predicted octanol–water partition coefficient (Wildman–Crippen LogP) is 1.35. The Morgan fingerprint density at radius 3 is 2.46 bits per heavy atom. The number of methoxy groups -OCH3 is 1. The molecule has 3 N–H and O–H groups in total. The van der Waals surface area contributed by atoms with Gasteiger partial charge < -0.3 is 20.7 Å². The van der Waals surface area contributed by atoms with Crippen LogP contribution in [0.5, 0.6) is 0 Å². The lowest BCUT2D eigenvalue weighted by molar-refractivity contribution is -0.120. The number of carbonyl (C=O) groups excluding carboxylic acids is 2. The lowest BCUT2D eigenvalue weighted by atomic mass is 10.1. The molecule has 0 heterocycles. The van der Waals surface area contributed by atoms with Gasteiger partial charge in [0.25, 0.3) is 0 Å². The third-order valence-electron chi connectivity index (χ3n) is 3.64. The quantitative estimate of drug-likeness (QED) is 0.553. The van der Waals surface area contributed by atoms with Crippen LogP contribution < -0.4 is 16.0 Å². The first kappa shape index (κ1) is 20.4. The number of rotatable bonds is 10. The predicted molar refractivity (Wildman–Crippen MR) is 96.5 cm³/mol. The summed E-state index contributed by atoms with van der Waals surface area (Å²) in [6, 6.07) is 7.43. The van der Waals surface area contributed by atoms with Gasteiger partial charge in [0.2, 0.25) is 11.8 Å². The third-order valence-corrected chi connectivity index (χ3v) is 3.64. The molecular weight excluding hydrogens is 330 g/mol.